The predicted octanol–water partition coefficient (Wildman–Crippen LogP) is 4.98. The van der Waals surface area contributed by atoms with Crippen molar-refractivity contribution in [3.63, 3.8) is 0 Å². The van der Waals surface area contributed by atoms with Crippen LogP contribution in [-0.4, -0.2) is 12.6 Å². The van der Waals surface area contributed by atoms with E-state index in [1.165, 1.54) is 37.7 Å². The highest BCUT2D eigenvalue weighted by atomic mass is 14.9. The fourth-order valence-electron chi connectivity index (χ4n) is 3.41. The first kappa shape index (κ1) is 15.6. The number of hydrogen-bond acceptors (Lipinski definition) is 1. The molecule has 1 N–H and O–H groups in total. The van der Waals surface area contributed by atoms with Gasteiger partial charge in [0.25, 0.3) is 0 Å². The molecule has 0 radical (unpaired) electrons. The van der Waals surface area contributed by atoms with Gasteiger partial charge in [-0.3, -0.25) is 0 Å². The van der Waals surface area contributed by atoms with E-state index in [0.717, 1.165) is 18.4 Å². The number of hydrogen-bond donors (Lipinski definition) is 1. The minimum atomic E-state index is 0.576. The average Bonchev–Trinajstić information content (AvgIpc) is 2.46. The highest BCUT2D eigenvalue weighted by Crippen LogP contribution is 2.35. The van der Waals surface area contributed by atoms with Crippen molar-refractivity contribution in [1.29, 1.82) is 0 Å². The molecule has 1 aromatic rings. The van der Waals surface area contributed by atoms with Gasteiger partial charge in [-0.05, 0) is 29.7 Å². The zero-order valence-corrected chi connectivity index (χ0v) is 13.4. The molecule has 0 aliphatic heterocycles. The maximum atomic E-state index is 3.64. The van der Waals surface area contributed by atoms with Crippen LogP contribution in [0.5, 0.6) is 0 Å². The highest BCUT2D eigenvalue weighted by Gasteiger charge is 2.22. The van der Waals surface area contributed by atoms with Gasteiger partial charge in [-0.1, -0.05) is 76.8 Å². The van der Waals surface area contributed by atoms with Crippen molar-refractivity contribution in [3.05, 3.63) is 35.9 Å². The van der Waals surface area contributed by atoms with Crippen LogP contribution in [0.3, 0.4) is 0 Å². The second-order valence-electron chi connectivity index (χ2n) is 7.03. The van der Waals surface area contributed by atoms with Crippen LogP contribution in [0.15, 0.2) is 30.3 Å². The lowest BCUT2D eigenvalue weighted by Gasteiger charge is -2.30. The Morgan fingerprint density at radius 1 is 1.05 bits per heavy atom. The van der Waals surface area contributed by atoms with E-state index in [1.54, 1.807) is 0 Å². The normalized spacial score (nSPS) is 24.8. The summed E-state index contributed by atoms with van der Waals surface area (Å²) in [7, 11) is 0. The van der Waals surface area contributed by atoms with Crippen LogP contribution in [0.25, 0.3) is 0 Å². The predicted molar refractivity (Wildman–Crippen MR) is 88.1 cm³/mol. The zero-order valence-electron chi connectivity index (χ0n) is 13.4. The second-order valence-corrected chi connectivity index (χ2v) is 7.03. The summed E-state index contributed by atoms with van der Waals surface area (Å²) in [6, 6.07) is 11.7. The lowest BCUT2D eigenvalue weighted by Crippen LogP contribution is -2.29. The van der Waals surface area contributed by atoms with Crippen molar-refractivity contribution in [2.24, 2.45) is 11.8 Å². The molecule has 1 aliphatic carbocycles. The number of benzene rings is 1. The monoisotopic (exact) mass is 273 g/mol. The molecule has 0 amide bonds. The molecule has 0 bridgehead atoms. The maximum absolute atomic E-state index is 3.64. The first-order valence-electron chi connectivity index (χ1n) is 8.43. The quantitative estimate of drug-likeness (QED) is 0.770. The Balaban J connectivity index is 1.95. The van der Waals surface area contributed by atoms with E-state index in [1.807, 2.05) is 0 Å². The molecule has 1 aromatic carbocycles. The standard InChI is InChI=1S/C19H31N/c1-15(2)20-14-19(18-7-5-4-6-8-18)13-17-11-9-16(3)10-12-17/h4-8,15-17,19-20H,9-14H2,1-3H3. The highest BCUT2D eigenvalue weighted by molar-refractivity contribution is 5.20. The minimum absolute atomic E-state index is 0.576. The molecule has 2 rings (SSSR count). The third-order valence-electron chi connectivity index (χ3n) is 4.80. The Morgan fingerprint density at radius 3 is 2.30 bits per heavy atom. The van der Waals surface area contributed by atoms with Crippen molar-refractivity contribution < 1.29 is 0 Å². The fraction of sp³-hybridized carbons (Fsp3) is 0.684. The smallest absolute Gasteiger partial charge is 0.00226 e. The van der Waals surface area contributed by atoms with Gasteiger partial charge in [-0.25, -0.2) is 0 Å². The Hall–Kier alpha value is -0.820. The van der Waals surface area contributed by atoms with Crippen LogP contribution < -0.4 is 5.32 Å². The minimum Gasteiger partial charge on any atom is -0.314 e. The summed E-state index contributed by atoms with van der Waals surface area (Å²) in [5.74, 6) is 2.57. The van der Waals surface area contributed by atoms with Gasteiger partial charge >= 0.3 is 0 Å². The molecule has 1 atom stereocenters. The molecule has 1 fully saturated rings. The molecular weight excluding hydrogens is 242 g/mol. The summed E-state index contributed by atoms with van der Waals surface area (Å²) in [6.45, 7) is 8.01. The Labute approximate surface area is 125 Å². The third-order valence-corrected chi connectivity index (χ3v) is 4.80. The molecule has 1 heteroatoms. The Kier molecular flexibility index (Phi) is 6.09. The van der Waals surface area contributed by atoms with E-state index in [2.05, 4.69) is 56.4 Å². The summed E-state index contributed by atoms with van der Waals surface area (Å²) >= 11 is 0. The van der Waals surface area contributed by atoms with Crippen molar-refractivity contribution in [2.45, 2.75) is 64.8 Å². The van der Waals surface area contributed by atoms with Gasteiger partial charge in [0.1, 0.15) is 0 Å². The molecule has 20 heavy (non-hydrogen) atoms. The van der Waals surface area contributed by atoms with Crippen LogP contribution in [-0.2, 0) is 0 Å². The van der Waals surface area contributed by atoms with Crippen LogP contribution in [0.4, 0.5) is 0 Å². The van der Waals surface area contributed by atoms with Crippen molar-refractivity contribution >= 4 is 0 Å². The lowest BCUT2D eigenvalue weighted by molar-refractivity contribution is 0.261. The van der Waals surface area contributed by atoms with E-state index in [4.69, 9.17) is 0 Å². The molecular formula is C19H31N. The molecule has 1 nitrogen and oxygen atoms in total. The lowest BCUT2D eigenvalue weighted by atomic mass is 9.77. The number of rotatable bonds is 6. The largest absolute Gasteiger partial charge is 0.314 e. The van der Waals surface area contributed by atoms with Crippen LogP contribution in [0.1, 0.15) is 64.4 Å². The topological polar surface area (TPSA) is 12.0 Å². The van der Waals surface area contributed by atoms with Gasteiger partial charge in [0.2, 0.25) is 0 Å². The van der Waals surface area contributed by atoms with Crippen molar-refractivity contribution in [1.82, 2.24) is 5.32 Å². The Morgan fingerprint density at radius 2 is 1.70 bits per heavy atom. The van der Waals surface area contributed by atoms with Crippen LogP contribution >= 0.6 is 0 Å². The summed E-state index contributed by atoms with van der Waals surface area (Å²) in [5, 5.41) is 3.64. The van der Waals surface area contributed by atoms with E-state index in [9.17, 15) is 0 Å². The van der Waals surface area contributed by atoms with Crippen molar-refractivity contribution in [2.75, 3.05) is 6.54 Å². The zero-order chi connectivity index (χ0) is 14.4. The van der Waals surface area contributed by atoms with Crippen LogP contribution in [0, 0.1) is 11.8 Å². The van der Waals surface area contributed by atoms with Gasteiger partial charge in [-0.15, -0.1) is 0 Å². The molecule has 1 unspecified atom stereocenters. The average molecular weight is 273 g/mol. The maximum Gasteiger partial charge on any atom is 0.00226 e. The molecule has 0 saturated heterocycles. The SMILES string of the molecule is CC1CCC(CC(CNC(C)C)c2ccccc2)CC1. The summed E-state index contributed by atoms with van der Waals surface area (Å²) in [4.78, 5) is 0. The fourth-order valence-corrected chi connectivity index (χ4v) is 3.41. The molecule has 0 heterocycles. The molecule has 112 valence electrons. The van der Waals surface area contributed by atoms with Crippen molar-refractivity contribution in [3.8, 4) is 0 Å². The van der Waals surface area contributed by atoms with E-state index in [0.29, 0.717) is 12.0 Å². The first-order chi connectivity index (χ1) is 9.65. The Bertz CT molecular complexity index is 363. The van der Waals surface area contributed by atoms with Gasteiger partial charge in [-0.2, -0.15) is 0 Å². The molecule has 1 saturated carbocycles. The van der Waals surface area contributed by atoms with E-state index >= 15 is 0 Å². The summed E-state index contributed by atoms with van der Waals surface area (Å²) in [5.41, 5.74) is 1.51. The van der Waals surface area contributed by atoms with E-state index in [-0.39, 0.29) is 0 Å². The van der Waals surface area contributed by atoms with Gasteiger partial charge in [0, 0.05) is 12.6 Å². The molecule has 1 aliphatic rings. The summed E-state index contributed by atoms with van der Waals surface area (Å²) < 4.78 is 0. The second kappa shape index (κ2) is 7.83. The van der Waals surface area contributed by atoms with Gasteiger partial charge < -0.3 is 5.32 Å². The molecule has 0 spiro atoms. The van der Waals surface area contributed by atoms with E-state index < -0.39 is 0 Å². The van der Waals surface area contributed by atoms with Gasteiger partial charge in [0.05, 0.1) is 0 Å². The first-order valence-corrected chi connectivity index (χ1v) is 8.43. The molecule has 0 aromatic heterocycles. The third kappa shape index (κ3) is 4.94. The van der Waals surface area contributed by atoms with Crippen LogP contribution in [0.2, 0.25) is 0 Å². The summed E-state index contributed by atoms with van der Waals surface area (Å²) in [6.07, 6.45) is 7.10. The van der Waals surface area contributed by atoms with Gasteiger partial charge in [0.15, 0.2) is 0 Å². The number of nitrogens with one attached hydrogen (secondary N) is 1.